The van der Waals surface area contributed by atoms with Gasteiger partial charge >= 0.3 is 5.97 Å². The van der Waals surface area contributed by atoms with E-state index in [0.717, 1.165) is 16.7 Å². The van der Waals surface area contributed by atoms with E-state index in [2.05, 4.69) is 24.3 Å². The Hall–Kier alpha value is -2.37. The van der Waals surface area contributed by atoms with Crippen molar-refractivity contribution in [3.05, 3.63) is 106 Å². The molecule has 6 heteroatoms. The van der Waals surface area contributed by atoms with Crippen molar-refractivity contribution in [2.75, 3.05) is 20.2 Å². The van der Waals surface area contributed by atoms with E-state index in [1.165, 1.54) is 0 Å². The van der Waals surface area contributed by atoms with Crippen LogP contribution in [0.25, 0.3) is 0 Å². The third-order valence-electron chi connectivity index (χ3n) is 5.13. The Kier molecular flexibility index (Phi) is 8.50. The number of hydrogen-bond acceptors (Lipinski definition) is 3. The minimum Gasteiger partial charge on any atom is -0.480 e. The van der Waals surface area contributed by atoms with Crippen LogP contribution >= 0.6 is 23.2 Å². The van der Waals surface area contributed by atoms with E-state index < -0.39 is 5.97 Å². The Labute approximate surface area is 193 Å². The summed E-state index contributed by atoms with van der Waals surface area (Å²) in [6, 6.07) is 25.3. The third kappa shape index (κ3) is 6.81. The first-order valence-corrected chi connectivity index (χ1v) is 10.7. The molecule has 0 spiro atoms. The molecule has 0 heterocycles. The van der Waals surface area contributed by atoms with Crippen molar-refractivity contribution in [3.63, 3.8) is 0 Å². The number of benzene rings is 3. The fraction of sp³-hybridized carbons (Fsp3) is 0.240. The molecule has 3 aromatic carbocycles. The maximum atomic E-state index is 11.5. The minimum atomic E-state index is -0.881. The summed E-state index contributed by atoms with van der Waals surface area (Å²) in [4.78, 5) is 13.3. The van der Waals surface area contributed by atoms with Crippen molar-refractivity contribution in [1.29, 1.82) is 0 Å². The second-order valence-electron chi connectivity index (χ2n) is 7.47. The summed E-state index contributed by atoms with van der Waals surface area (Å²) < 4.78 is 6.07. The summed E-state index contributed by atoms with van der Waals surface area (Å²) in [6.07, 6.45) is 0. The predicted octanol–water partition coefficient (Wildman–Crippen LogP) is 5.73. The van der Waals surface area contributed by atoms with Crippen molar-refractivity contribution in [3.8, 4) is 0 Å². The molecule has 0 saturated carbocycles. The van der Waals surface area contributed by atoms with Gasteiger partial charge in [-0.3, -0.25) is 9.69 Å². The average molecular weight is 458 g/mol. The summed E-state index contributed by atoms with van der Waals surface area (Å²) in [5, 5.41) is 10.5. The SMILES string of the molecule is CN(CC(=O)O)C(COCc1cc(Cl)cc(Cl)c1)C(c1ccccc1)c1ccccc1. The van der Waals surface area contributed by atoms with E-state index in [1.807, 2.05) is 60.5 Å². The maximum Gasteiger partial charge on any atom is 0.317 e. The van der Waals surface area contributed by atoms with E-state index in [-0.39, 0.29) is 18.5 Å². The molecular formula is C25H25Cl2NO3. The van der Waals surface area contributed by atoms with Crippen LogP contribution in [0.3, 0.4) is 0 Å². The van der Waals surface area contributed by atoms with Gasteiger partial charge in [0.2, 0.25) is 0 Å². The standard InChI is InChI=1S/C25H25Cl2NO3/c1-28(15-24(29)30)23(17-31-16-18-12-21(26)14-22(27)13-18)25(19-8-4-2-5-9-19)20-10-6-3-7-11-20/h2-14,23,25H,15-17H2,1H3,(H,29,30). The van der Waals surface area contributed by atoms with Gasteiger partial charge in [-0.05, 0) is 41.9 Å². The highest BCUT2D eigenvalue weighted by molar-refractivity contribution is 6.34. The van der Waals surface area contributed by atoms with Crippen molar-refractivity contribution in [2.45, 2.75) is 18.6 Å². The first-order chi connectivity index (χ1) is 14.9. The van der Waals surface area contributed by atoms with Crippen LogP contribution in [0.5, 0.6) is 0 Å². The Balaban J connectivity index is 1.88. The number of carboxylic acid groups (broad SMARTS) is 1. The molecule has 3 rings (SSSR count). The topological polar surface area (TPSA) is 49.8 Å². The van der Waals surface area contributed by atoms with Gasteiger partial charge in [0.15, 0.2) is 0 Å². The van der Waals surface area contributed by atoms with Crippen LogP contribution in [0.2, 0.25) is 10.0 Å². The average Bonchev–Trinajstić information content (AvgIpc) is 2.73. The zero-order valence-corrected chi connectivity index (χ0v) is 18.8. The fourth-order valence-electron chi connectivity index (χ4n) is 3.76. The van der Waals surface area contributed by atoms with Gasteiger partial charge in [0.25, 0.3) is 0 Å². The Morgan fingerprint density at radius 1 is 0.935 bits per heavy atom. The minimum absolute atomic E-state index is 0.0605. The van der Waals surface area contributed by atoms with E-state index >= 15 is 0 Å². The number of carboxylic acids is 1. The van der Waals surface area contributed by atoms with Gasteiger partial charge in [0, 0.05) is 22.0 Å². The normalized spacial score (nSPS) is 12.3. The van der Waals surface area contributed by atoms with Crippen LogP contribution in [0.15, 0.2) is 78.9 Å². The largest absolute Gasteiger partial charge is 0.480 e. The molecule has 1 unspecified atom stereocenters. The lowest BCUT2D eigenvalue weighted by Crippen LogP contribution is -2.43. The van der Waals surface area contributed by atoms with Gasteiger partial charge in [-0.15, -0.1) is 0 Å². The highest BCUT2D eigenvalue weighted by Gasteiger charge is 2.29. The Morgan fingerprint density at radius 2 is 1.45 bits per heavy atom. The predicted molar refractivity (Wildman–Crippen MR) is 125 cm³/mol. The molecule has 0 amide bonds. The van der Waals surface area contributed by atoms with Crippen LogP contribution in [-0.2, 0) is 16.1 Å². The van der Waals surface area contributed by atoms with Gasteiger partial charge < -0.3 is 9.84 Å². The lowest BCUT2D eigenvalue weighted by atomic mass is 9.84. The summed E-state index contributed by atoms with van der Waals surface area (Å²) in [5.41, 5.74) is 3.07. The van der Waals surface area contributed by atoms with E-state index in [1.54, 1.807) is 6.07 Å². The second kappa shape index (κ2) is 11.3. The van der Waals surface area contributed by atoms with Gasteiger partial charge in [-0.2, -0.15) is 0 Å². The molecule has 162 valence electrons. The van der Waals surface area contributed by atoms with E-state index in [0.29, 0.717) is 23.3 Å². The quantitative estimate of drug-likeness (QED) is 0.422. The summed E-state index contributed by atoms with van der Waals surface area (Å²) >= 11 is 12.2. The molecule has 0 fully saturated rings. The number of ether oxygens (including phenoxy) is 1. The van der Waals surface area contributed by atoms with Crippen molar-refractivity contribution >= 4 is 29.2 Å². The number of nitrogens with zero attached hydrogens (tertiary/aromatic N) is 1. The highest BCUT2D eigenvalue weighted by atomic mass is 35.5. The zero-order chi connectivity index (χ0) is 22.2. The monoisotopic (exact) mass is 457 g/mol. The van der Waals surface area contributed by atoms with Gasteiger partial charge in [-0.25, -0.2) is 0 Å². The summed E-state index contributed by atoms with van der Waals surface area (Å²) in [5.74, 6) is -0.941. The molecule has 1 atom stereocenters. The van der Waals surface area contributed by atoms with E-state index in [9.17, 15) is 9.90 Å². The number of halogens is 2. The molecule has 0 aliphatic rings. The number of rotatable bonds is 10. The van der Waals surface area contributed by atoms with Crippen LogP contribution in [0.1, 0.15) is 22.6 Å². The molecule has 0 aliphatic carbocycles. The second-order valence-corrected chi connectivity index (χ2v) is 8.34. The van der Waals surface area contributed by atoms with Crippen molar-refractivity contribution in [2.24, 2.45) is 0 Å². The van der Waals surface area contributed by atoms with Crippen LogP contribution in [-0.4, -0.2) is 42.2 Å². The molecule has 31 heavy (non-hydrogen) atoms. The fourth-order valence-corrected chi connectivity index (χ4v) is 4.33. The molecule has 0 aliphatic heterocycles. The van der Waals surface area contributed by atoms with Gasteiger partial charge in [-0.1, -0.05) is 83.9 Å². The number of likely N-dealkylation sites (N-methyl/N-ethyl adjacent to an activating group) is 1. The first kappa shape index (κ1) is 23.3. The number of carbonyl (C=O) groups is 1. The Morgan fingerprint density at radius 3 is 1.94 bits per heavy atom. The number of hydrogen-bond donors (Lipinski definition) is 1. The summed E-state index contributed by atoms with van der Waals surface area (Å²) in [6.45, 7) is 0.573. The van der Waals surface area contributed by atoms with Crippen LogP contribution in [0.4, 0.5) is 0 Å². The lowest BCUT2D eigenvalue weighted by Gasteiger charge is -2.34. The highest BCUT2D eigenvalue weighted by Crippen LogP contribution is 2.31. The molecule has 0 saturated heterocycles. The third-order valence-corrected chi connectivity index (χ3v) is 5.57. The van der Waals surface area contributed by atoms with Crippen LogP contribution in [0, 0.1) is 0 Å². The van der Waals surface area contributed by atoms with Crippen molar-refractivity contribution in [1.82, 2.24) is 4.90 Å². The Bertz CT molecular complexity index is 923. The molecule has 0 aromatic heterocycles. The first-order valence-electron chi connectivity index (χ1n) is 9.98. The molecule has 1 N–H and O–H groups in total. The van der Waals surface area contributed by atoms with Crippen LogP contribution < -0.4 is 0 Å². The van der Waals surface area contributed by atoms with E-state index in [4.69, 9.17) is 27.9 Å². The number of aliphatic carboxylic acids is 1. The molecular weight excluding hydrogens is 433 g/mol. The van der Waals surface area contributed by atoms with Gasteiger partial charge in [0.1, 0.15) is 0 Å². The summed E-state index contributed by atoms with van der Waals surface area (Å²) in [7, 11) is 1.82. The molecule has 0 radical (unpaired) electrons. The molecule has 3 aromatic rings. The van der Waals surface area contributed by atoms with Crippen molar-refractivity contribution < 1.29 is 14.6 Å². The lowest BCUT2D eigenvalue weighted by molar-refractivity contribution is -0.138. The zero-order valence-electron chi connectivity index (χ0n) is 17.2. The molecule has 4 nitrogen and oxygen atoms in total. The smallest absolute Gasteiger partial charge is 0.317 e. The molecule has 0 bridgehead atoms. The van der Waals surface area contributed by atoms with Gasteiger partial charge in [0.05, 0.1) is 19.8 Å². The maximum absolute atomic E-state index is 11.5.